The van der Waals surface area contributed by atoms with Gasteiger partial charge in [-0.25, -0.2) is 0 Å². The zero-order chi connectivity index (χ0) is 17.1. The molecule has 24 heavy (non-hydrogen) atoms. The van der Waals surface area contributed by atoms with Gasteiger partial charge in [-0.15, -0.1) is 10.2 Å². The largest absolute Gasteiger partial charge is 0.357 e. The van der Waals surface area contributed by atoms with Crippen molar-refractivity contribution in [3.63, 3.8) is 0 Å². The van der Waals surface area contributed by atoms with Gasteiger partial charge in [0.1, 0.15) is 11.9 Å². The summed E-state index contributed by atoms with van der Waals surface area (Å²) in [5.74, 6) is 0.119. The third-order valence-corrected chi connectivity index (χ3v) is 4.04. The van der Waals surface area contributed by atoms with E-state index in [4.69, 9.17) is 11.6 Å². The van der Waals surface area contributed by atoms with Crippen LogP contribution in [-0.4, -0.2) is 41.6 Å². The Balaban J connectivity index is 1.67. The van der Waals surface area contributed by atoms with Crippen molar-refractivity contribution in [1.82, 2.24) is 15.5 Å². The molecule has 2 amide bonds. The Labute approximate surface area is 144 Å². The minimum atomic E-state index is -0.374. The predicted molar refractivity (Wildman–Crippen MR) is 91.3 cm³/mol. The molecule has 1 saturated heterocycles. The molecular weight excluding hydrogens is 330 g/mol. The van der Waals surface area contributed by atoms with Crippen LogP contribution in [0, 0.1) is 0 Å². The number of anilines is 2. The highest BCUT2D eigenvalue weighted by atomic mass is 35.5. The van der Waals surface area contributed by atoms with E-state index < -0.39 is 0 Å². The summed E-state index contributed by atoms with van der Waals surface area (Å²) in [6, 6.07) is 9.98. The number of hydrogen-bond donors (Lipinski definition) is 2. The molecule has 0 spiro atoms. The Bertz CT molecular complexity index is 748. The Morgan fingerprint density at radius 3 is 2.58 bits per heavy atom. The smallest absolute Gasteiger partial charge is 0.271 e. The van der Waals surface area contributed by atoms with E-state index in [-0.39, 0.29) is 23.6 Å². The fourth-order valence-corrected chi connectivity index (χ4v) is 2.65. The van der Waals surface area contributed by atoms with Gasteiger partial charge in [-0.1, -0.05) is 11.6 Å². The fraction of sp³-hybridized carbons (Fsp3) is 0.250. The van der Waals surface area contributed by atoms with Crippen molar-refractivity contribution in [2.75, 3.05) is 23.8 Å². The maximum Gasteiger partial charge on any atom is 0.271 e. The fourth-order valence-electron chi connectivity index (χ4n) is 2.53. The van der Waals surface area contributed by atoms with Crippen molar-refractivity contribution in [2.24, 2.45) is 0 Å². The van der Waals surface area contributed by atoms with Crippen molar-refractivity contribution in [3.05, 3.63) is 47.1 Å². The molecule has 3 rings (SSSR count). The number of nitrogens with zero attached hydrogens (tertiary/aromatic N) is 3. The molecule has 1 atom stereocenters. The van der Waals surface area contributed by atoms with E-state index in [1.54, 1.807) is 29.2 Å². The number of carbonyl (C=O) groups is 2. The van der Waals surface area contributed by atoms with Gasteiger partial charge in [-0.3, -0.25) is 9.59 Å². The molecule has 2 heterocycles. The number of aromatic nitrogens is 2. The van der Waals surface area contributed by atoms with Crippen molar-refractivity contribution in [1.29, 1.82) is 0 Å². The first kappa shape index (κ1) is 16.2. The van der Waals surface area contributed by atoms with Gasteiger partial charge in [0.05, 0.1) is 0 Å². The Kier molecular flexibility index (Phi) is 4.61. The molecule has 1 aliphatic rings. The van der Waals surface area contributed by atoms with Crippen LogP contribution < -0.4 is 15.5 Å². The van der Waals surface area contributed by atoms with Crippen molar-refractivity contribution >= 4 is 34.9 Å². The second-order valence-corrected chi connectivity index (χ2v) is 5.77. The lowest BCUT2D eigenvalue weighted by molar-refractivity contribution is -0.117. The number of hydrogen-bond acceptors (Lipinski definition) is 5. The van der Waals surface area contributed by atoms with Crippen LogP contribution >= 0.6 is 11.6 Å². The van der Waals surface area contributed by atoms with E-state index in [0.717, 1.165) is 5.69 Å². The molecule has 1 aromatic heterocycles. The molecule has 0 saturated carbocycles. The monoisotopic (exact) mass is 345 g/mol. The van der Waals surface area contributed by atoms with Crippen LogP contribution in [0.4, 0.5) is 11.5 Å². The molecule has 0 aliphatic carbocycles. The third kappa shape index (κ3) is 3.30. The van der Waals surface area contributed by atoms with Crippen molar-refractivity contribution in [2.45, 2.75) is 12.5 Å². The molecular formula is C16H16ClN5O2. The average molecular weight is 346 g/mol. The zero-order valence-corrected chi connectivity index (χ0v) is 13.7. The van der Waals surface area contributed by atoms with E-state index in [1.165, 1.54) is 7.05 Å². The lowest BCUT2D eigenvalue weighted by Gasteiger charge is -2.17. The number of amides is 2. The maximum atomic E-state index is 12.5. The molecule has 1 unspecified atom stereocenters. The Morgan fingerprint density at radius 2 is 1.96 bits per heavy atom. The van der Waals surface area contributed by atoms with Gasteiger partial charge in [0, 0.05) is 24.3 Å². The van der Waals surface area contributed by atoms with Gasteiger partial charge < -0.3 is 15.5 Å². The van der Waals surface area contributed by atoms with E-state index >= 15 is 0 Å². The van der Waals surface area contributed by atoms with Gasteiger partial charge >= 0.3 is 0 Å². The highest BCUT2D eigenvalue weighted by Gasteiger charge is 2.32. The number of benzene rings is 1. The summed E-state index contributed by atoms with van der Waals surface area (Å²) in [5, 5.41) is 14.0. The summed E-state index contributed by atoms with van der Waals surface area (Å²) < 4.78 is 0. The predicted octanol–water partition coefficient (Wildman–Crippen LogP) is 1.71. The molecule has 1 aromatic carbocycles. The molecule has 1 fully saturated rings. The van der Waals surface area contributed by atoms with E-state index in [2.05, 4.69) is 20.8 Å². The Hall–Kier alpha value is -2.67. The summed E-state index contributed by atoms with van der Waals surface area (Å²) in [5.41, 5.74) is 1.04. The summed E-state index contributed by atoms with van der Waals surface area (Å²) in [7, 11) is 1.53. The van der Waals surface area contributed by atoms with E-state index in [0.29, 0.717) is 23.8 Å². The summed E-state index contributed by atoms with van der Waals surface area (Å²) in [6.07, 6.45) is 0.653. The molecule has 1 aliphatic heterocycles. The first-order valence-electron chi connectivity index (χ1n) is 7.48. The summed E-state index contributed by atoms with van der Waals surface area (Å²) in [6.45, 7) is 0.613. The van der Waals surface area contributed by atoms with Gasteiger partial charge in [0.2, 0.25) is 5.91 Å². The second-order valence-electron chi connectivity index (χ2n) is 5.33. The minimum absolute atomic E-state index is 0.0329. The summed E-state index contributed by atoms with van der Waals surface area (Å²) >= 11 is 5.88. The molecule has 8 heteroatoms. The molecule has 2 N–H and O–H groups in total. The number of carbonyl (C=O) groups excluding carboxylic acids is 2. The third-order valence-electron chi connectivity index (χ3n) is 3.79. The first-order valence-corrected chi connectivity index (χ1v) is 7.85. The van der Waals surface area contributed by atoms with Crippen LogP contribution in [0.15, 0.2) is 36.4 Å². The quantitative estimate of drug-likeness (QED) is 0.880. The lowest BCUT2D eigenvalue weighted by atomic mass is 10.2. The number of halogens is 1. The van der Waals surface area contributed by atoms with Gasteiger partial charge in [-0.2, -0.15) is 0 Å². The second kappa shape index (κ2) is 6.84. The van der Waals surface area contributed by atoms with Crippen LogP contribution in [0.2, 0.25) is 5.02 Å². The van der Waals surface area contributed by atoms with Crippen LogP contribution in [0.5, 0.6) is 0 Å². The van der Waals surface area contributed by atoms with Gasteiger partial charge in [0.25, 0.3) is 5.91 Å². The van der Waals surface area contributed by atoms with E-state index in [9.17, 15) is 9.59 Å². The van der Waals surface area contributed by atoms with Crippen LogP contribution in [0.1, 0.15) is 16.9 Å². The minimum Gasteiger partial charge on any atom is -0.357 e. The highest BCUT2D eigenvalue weighted by Crippen LogP contribution is 2.24. The molecule has 0 radical (unpaired) electrons. The van der Waals surface area contributed by atoms with Crippen molar-refractivity contribution < 1.29 is 9.59 Å². The number of rotatable bonds is 4. The zero-order valence-electron chi connectivity index (χ0n) is 13.0. The normalized spacial score (nSPS) is 17.0. The van der Waals surface area contributed by atoms with Gasteiger partial charge in [0.15, 0.2) is 5.69 Å². The highest BCUT2D eigenvalue weighted by molar-refractivity contribution is 6.30. The van der Waals surface area contributed by atoms with Gasteiger partial charge in [-0.05, 0) is 42.8 Å². The number of nitrogens with one attached hydrogen (secondary N) is 2. The standard InChI is InChI=1S/C16H16ClN5O2/c1-18-15(23)12-6-7-14(21-20-12)19-13-8-9-22(16(13)24)11-4-2-10(17)3-5-11/h2-7,13H,8-9H2,1H3,(H,18,23)(H,19,21). The molecule has 0 bridgehead atoms. The topological polar surface area (TPSA) is 87.2 Å². The maximum absolute atomic E-state index is 12.5. The van der Waals surface area contributed by atoms with E-state index in [1.807, 2.05) is 12.1 Å². The van der Waals surface area contributed by atoms with Crippen molar-refractivity contribution in [3.8, 4) is 0 Å². The lowest BCUT2D eigenvalue weighted by Crippen LogP contribution is -2.33. The first-order chi connectivity index (χ1) is 11.6. The van der Waals surface area contributed by atoms with Crippen LogP contribution in [0.3, 0.4) is 0 Å². The Morgan fingerprint density at radius 1 is 1.21 bits per heavy atom. The molecule has 124 valence electrons. The molecule has 2 aromatic rings. The van der Waals surface area contributed by atoms with Crippen LogP contribution in [-0.2, 0) is 4.79 Å². The molecule has 7 nitrogen and oxygen atoms in total. The SMILES string of the molecule is CNC(=O)c1ccc(NC2CCN(c3ccc(Cl)cc3)C2=O)nn1. The van der Waals surface area contributed by atoms with Crippen LogP contribution in [0.25, 0.3) is 0 Å². The summed E-state index contributed by atoms with van der Waals surface area (Å²) in [4.78, 5) is 25.7. The average Bonchev–Trinajstić information content (AvgIpc) is 2.96.